The van der Waals surface area contributed by atoms with Crippen LogP contribution < -0.4 is 11.1 Å². The molecule has 0 saturated heterocycles. The van der Waals surface area contributed by atoms with Crippen molar-refractivity contribution in [3.8, 4) is 11.8 Å². The molecule has 0 aromatic rings. The molecule has 2 heteroatoms. The molecule has 0 aliphatic carbocycles. The molecule has 2 nitrogen and oxygen atoms in total. The van der Waals surface area contributed by atoms with E-state index in [1.807, 2.05) is 6.92 Å². The molecule has 0 saturated carbocycles. The van der Waals surface area contributed by atoms with E-state index in [0.717, 1.165) is 26.1 Å². The number of hydrogen-bond donors (Lipinski definition) is 2. The zero-order valence-electron chi connectivity index (χ0n) is 9.06. The average molecular weight is 182 g/mol. The molecule has 1 unspecified atom stereocenters. The summed E-state index contributed by atoms with van der Waals surface area (Å²) < 4.78 is 0. The minimum atomic E-state index is 0.592. The largest absolute Gasteiger partial charge is 0.330 e. The zero-order valence-corrected chi connectivity index (χ0v) is 9.06. The highest BCUT2D eigenvalue weighted by molar-refractivity contribution is 4.95. The maximum Gasteiger partial charge on any atom is 0.0214 e. The molecule has 0 aliphatic heterocycles. The van der Waals surface area contributed by atoms with Gasteiger partial charge in [0.15, 0.2) is 0 Å². The Hall–Kier alpha value is -0.520. The Kier molecular flexibility index (Phi) is 7.77. The topological polar surface area (TPSA) is 38.0 Å². The molecule has 0 radical (unpaired) electrons. The molecule has 0 spiro atoms. The Bertz CT molecular complexity index is 165. The maximum absolute atomic E-state index is 5.65. The second-order valence-corrected chi connectivity index (χ2v) is 3.62. The summed E-state index contributed by atoms with van der Waals surface area (Å²) in [6.45, 7) is 9.06. The first kappa shape index (κ1) is 12.5. The molecule has 0 aromatic heterocycles. The van der Waals surface area contributed by atoms with Crippen molar-refractivity contribution in [1.29, 1.82) is 0 Å². The van der Waals surface area contributed by atoms with Gasteiger partial charge in [0.2, 0.25) is 0 Å². The lowest BCUT2D eigenvalue weighted by molar-refractivity contribution is 0.373. The van der Waals surface area contributed by atoms with Crippen molar-refractivity contribution in [2.75, 3.05) is 19.6 Å². The molecule has 0 bridgehead atoms. The lowest BCUT2D eigenvalue weighted by Crippen LogP contribution is -2.32. The van der Waals surface area contributed by atoms with Gasteiger partial charge in [-0.3, -0.25) is 0 Å². The second-order valence-electron chi connectivity index (χ2n) is 3.62. The molecule has 76 valence electrons. The first-order chi connectivity index (χ1) is 6.22. The summed E-state index contributed by atoms with van der Waals surface area (Å²) in [4.78, 5) is 0. The standard InChI is InChI=1S/C11H22N2/c1-4-5-6-7-13-9-11(8-12)10(2)3/h10-11,13H,6-9,12H2,1-3H3. The van der Waals surface area contributed by atoms with Gasteiger partial charge in [0.05, 0.1) is 0 Å². The fourth-order valence-corrected chi connectivity index (χ4v) is 1.15. The van der Waals surface area contributed by atoms with Crippen molar-refractivity contribution < 1.29 is 0 Å². The van der Waals surface area contributed by atoms with Crippen LogP contribution in [-0.4, -0.2) is 19.6 Å². The smallest absolute Gasteiger partial charge is 0.0214 e. The third-order valence-electron chi connectivity index (χ3n) is 2.26. The van der Waals surface area contributed by atoms with Crippen molar-refractivity contribution in [3.63, 3.8) is 0 Å². The lowest BCUT2D eigenvalue weighted by Gasteiger charge is -2.18. The van der Waals surface area contributed by atoms with Crippen LogP contribution in [0.4, 0.5) is 0 Å². The molecule has 0 aliphatic rings. The Labute approximate surface area is 82.3 Å². The number of hydrogen-bond acceptors (Lipinski definition) is 2. The van der Waals surface area contributed by atoms with Crippen LogP contribution >= 0.6 is 0 Å². The van der Waals surface area contributed by atoms with E-state index in [1.165, 1.54) is 0 Å². The molecule has 0 heterocycles. The Morgan fingerprint density at radius 3 is 2.54 bits per heavy atom. The fourth-order valence-electron chi connectivity index (χ4n) is 1.15. The average Bonchev–Trinajstić information content (AvgIpc) is 2.10. The van der Waals surface area contributed by atoms with E-state index in [1.54, 1.807) is 0 Å². The van der Waals surface area contributed by atoms with Gasteiger partial charge in [-0.1, -0.05) is 13.8 Å². The van der Waals surface area contributed by atoms with Crippen LogP contribution in [0.2, 0.25) is 0 Å². The van der Waals surface area contributed by atoms with Gasteiger partial charge >= 0.3 is 0 Å². The molecule has 0 rings (SSSR count). The predicted octanol–water partition coefficient (Wildman–Crippen LogP) is 1.22. The second kappa shape index (κ2) is 8.10. The van der Waals surface area contributed by atoms with Gasteiger partial charge in [0.25, 0.3) is 0 Å². The van der Waals surface area contributed by atoms with Crippen LogP contribution in [0.15, 0.2) is 0 Å². The van der Waals surface area contributed by atoms with E-state index in [-0.39, 0.29) is 0 Å². The summed E-state index contributed by atoms with van der Waals surface area (Å²) in [5, 5.41) is 3.37. The van der Waals surface area contributed by atoms with Crippen LogP contribution in [0.5, 0.6) is 0 Å². The summed E-state index contributed by atoms with van der Waals surface area (Å²) >= 11 is 0. The molecular formula is C11H22N2. The fraction of sp³-hybridized carbons (Fsp3) is 0.818. The van der Waals surface area contributed by atoms with Crippen LogP contribution in [0, 0.1) is 23.7 Å². The van der Waals surface area contributed by atoms with Gasteiger partial charge in [-0.25, -0.2) is 0 Å². The monoisotopic (exact) mass is 182 g/mol. The van der Waals surface area contributed by atoms with E-state index in [4.69, 9.17) is 5.73 Å². The quantitative estimate of drug-likeness (QED) is 0.479. The minimum absolute atomic E-state index is 0.592. The molecule has 3 N–H and O–H groups in total. The molecule has 0 fully saturated rings. The van der Waals surface area contributed by atoms with Gasteiger partial charge in [-0.15, -0.1) is 11.8 Å². The molecule has 0 aromatic carbocycles. The summed E-state index contributed by atoms with van der Waals surface area (Å²) in [7, 11) is 0. The van der Waals surface area contributed by atoms with Crippen molar-refractivity contribution in [2.45, 2.75) is 27.2 Å². The summed E-state index contributed by atoms with van der Waals surface area (Å²) in [5.74, 6) is 7.16. The molecule has 0 amide bonds. The summed E-state index contributed by atoms with van der Waals surface area (Å²) in [6.07, 6.45) is 0.936. The number of rotatable bonds is 6. The van der Waals surface area contributed by atoms with Crippen LogP contribution in [0.3, 0.4) is 0 Å². The molecule has 1 atom stereocenters. The maximum atomic E-state index is 5.65. The highest BCUT2D eigenvalue weighted by Crippen LogP contribution is 2.06. The first-order valence-corrected chi connectivity index (χ1v) is 5.02. The third kappa shape index (κ3) is 6.62. The minimum Gasteiger partial charge on any atom is -0.330 e. The van der Waals surface area contributed by atoms with Gasteiger partial charge in [-0.2, -0.15) is 0 Å². The van der Waals surface area contributed by atoms with Gasteiger partial charge < -0.3 is 11.1 Å². The zero-order chi connectivity index (χ0) is 10.1. The highest BCUT2D eigenvalue weighted by atomic mass is 14.9. The van der Waals surface area contributed by atoms with Gasteiger partial charge in [0.1, 0.15) is 0 Å². The molecule has 13 heavy (non-hydrogen) atoms. The third-order valence-corrected chi connectivity index (χ3v) is 2.26. The van der Waals surface area contributed by atoms with E-state index in [0.29, 0.717) is 11.8 Å². The van der Waals surface area contributed by atoms with Crippen LogP contribution in [0.1, 0.15) is 27.2 Å². The van der Waals surface area contributed by atoms with Crippen molar-refractivity contribution in [3.05, 3.63) is 0 Å². The molecular weight excluding hydrogens is 160 g/mol. The first-order valence-electron chi connectivity index (χ1n) is 5.02. The van der Waals surface area contributed by atoms with Crippen LogP contribution in [-0.2, 0) is 0 Å². The van der Waals surface area contributed by atoms with Crippen molar-refractivity contribution in [1.82, 2.24) is 5.32 Å². The van der Waals surface area contributed by atoms with Gasteiger partial charge in [0, 0.05) is 13.0 Å². The summed E-state index contributed by atoms with van der Waals surface area (Å²) in [5.41, 5.74) is 5.65. The Balaban J connectivity index is 3.42. The van der Waals surface area contributed by atoms with Crippen molar-refractivity contribution >= 4 is 0 Å². The van der Waals surface area contributed by atoms with Crippen LogP contribution in [0.25, 0.3) is 0 Å². The predicted molar refractivity (Wildman–Crippen MR) is 58.3 cm³/mol. The normalized spacial score (nSPS) is 12.4. The Morgan fingerprint density at radius 1 is 1.38 bits per heavy atom. The lowest BCUT2D eigenvalue weighted by atomic mass is 9.96. The summed E-state index contributed by atoms with van der Waals surface area (Å²) in [6, 6.07) is 0. The van der Waals surface area contributed by atoms with E-state index >= 15 is 0 Å². The van der Waals surface area contributed by atoms with Gasteiger partial charge in [-0.05, 0) is 31.8 Å². The Morgan fingerprint density at radius 2 is 2.08 bits per heavy atom. The SMILES string of the molecule is CC#CCCNCC(CN)C(C)C. The van der Waals surface area contributed by atoms with E-state index in [9.17, 15) is 0 Å². The van der Waals surface area contributed by atoms with Crippen molar-refractivity contribution in [2.24, 2.45) is 17.6 Å². The number of nitrogens with two attached hydrogens (primary N) is 1. The number of nitrogens with one attached hydrogen (secondary N) is 1. The van der Waals surface area contributed by atoms with E-state index < -0.39 is 0 Å². The highest BCUT2D eigenvalue weighted by Gasteiger charge is 2.09. The van der Waals surface area contributed by atoms with E-state index in [2.05, 4.69) is 31.0 Å².